The lowest BCUT2D eigenvalue weighted by Crippen LogP contribution is -2.21. The van der Waals surface area contributed by atoms with Crippen molar-refractivity contribution < 1.29 is 26.4 Å². The van der Waals surface area contributed by atoms with E-state index in [1.807, 2.05) is 4.72 Å². The fourth-order valence-corrected chi connectivity index (χ4v) is 2.68. The molecule has 0 aliphatic rings. The molecule has 3 N–H and O–H groups in total. The molecule has 7 nitrogen and oxygen atoms in total. The summed E-state index contributed by atoms with van der Waals surface area (Å²) in [5.74, 6) is -1.52. The highest BCUT2D eigenvalue weighted by Crippen LogP contribution is 2.30. The van der Waals surface area contributed by atoms with E-state index >= 15 is 0 Å². The van der Waals surface area contributed by atoms with Crippen molar-refractivity contribution in [1.82, 2.24) is 9.97 Å². The lowest BCUT2D eigenvalue weighted by atomic mass is 10.2. The fourth-order valence-electron chi connectivity index (χ4n) is 1.62. The van der Waals surface area contributed by atoms with Gasteiger partial charge in [-0.2, -0.15) is 13.2 Å². The Labute approximate surface area is 128 Å². The van der Waals surface area contributed by atoms with Gasteiger partial charge in [-0.1, -0.05) is 6.07 Å². The van der Waals surface area contributed by atoms with Crippen molar-refractivity contribution in [3.8, 4) is 0 Å². The summed E-state index contributed by atoms with van der Waals surface area (Å²) in [6.45, 7) is 0. The normalized spacial score (nSPS) is 12.0. The Kier molecular flexibility index (Phi) is 4.23. The zero-order chi connectivity index (χ0) is 17.3. The maximum absolute atomic E-state index is 12.7. The molecule has 122 valence electrons. The van der Waals surface area contributed by atoms with Gasteiger partial charge in [-0.05, 0) is 18.2 Å². The summed E-state index contributed by atoms with van der Waals surface area (Å²) in [5.41, 5.74) is 3.44. The summed E-state index contributed by atoms with van der Waals surface area (Å²) in [6, 6.07) is 3.11. The van der Waals surface area contributed by atoms with Gasteiger partial charge in [0.25, 0.3) is 15.9 Å². The van der Waals surface area contributed by atoms with Crippen LogP contribution in [-0.4, -0.2) is 24.3 Å². The van der Waals surface area contributed by atoms with E-state index in [-0.39, 0.29) is 0 Å². The van der Waals surface area contributed by atoms with E-state index in [1.54, 1.807) is 0 Å². The lowest BCUT2D eigenvalue weighted by molar-refractivity contribution is -0.137. The van der Waals surface area contributed by atoms with Gasteiger partial charge in [0.2, 0.25) is 0 Å². The number of hydrogen-bond donors (Lipinski definition) is 2. The summed E-state index contributed by atoms with van der Waals surface area (Å²) >= 11 is 0. The van der Waals surface area contributed by atoms with Gasteiger partial charge in [-0.25, -0.2) is 18.4 Å². The molecule has 0 aliphatic carbocycles. The number of amides is 1. The summed E-state index contributed by atoms with van der Waals surface area (Å²) < 4.78 is 64.2. The minimum Gasteiger partial charge on any atom is -0.364 e. The highest BCUT2D eigenvalue weighted by atomic mass is 32.2. The third-order valence-corrected chi connectivity index (χ3v) is 3.97. The SMILES string of the molecule is NC(=O)c1nccnc1NS(=O)(=O)c1cccc(C(F)(F)F)c1. The molecule has 11 heteroatoms. The Morgan fingerprint density at radius 1 is 1.17 bits per heavy atom. The summed E-state index contributed by atoms with van der Waals surface area (Å²) in [6.07, 6.45) is -2.49. The number of sulfonamides is 1. The van der Waals surface area contributed by atoms with Crippen LogP contribution in [-0.2, 0) is 16.2 Å². The number of nitrogens with one attached hydrogen (secondary N) is 1. The van der Waals surface area contributed by atoms with Crippen molar-refractivity contribution in [1.29, 1.82) is 0 Å². The van der Waals surface area contributed by atoms with Crippen LogP contribution in [0.5, 0.6) is 0 Å². The van der Waals surface area contributed by atoms with Crippen molar-refractivity contribution >= 4 is 21.7 Å². The molecule has 0 fully saturated rings. The number of anilines is 1. The van der Waals surface area contributed by atoms with E-state index in [2.05, 4.69) is 9.97 Å². The summed E-state index contributed by atoms with van der Waals surface area (Å²) in [4.78, 5) is 17.7. The number of alkyl halides is 3. The minimum atomic E-state index is -4.70. The first-order valence-corrected chi connectivity index (χ1v) is 7.40. The van der Waals surface area contributed by atoms with Crippen molar-refractivity contribution in [2.45, 2.75) is 11.1 Å². The molecular weight excluding hydrogens is 337 g/mol. The number of primary amides is 1. The molecule has 0 unspecified atom stereocenters. The van der Waals surface area contributed by atoms with Gasteiger partial charge in [0.15, 0.2) is 11.5 Å². The highest BCUT2D eigenvalue weighted by Gasteiger charge is 2.32. The van der Waals surface area contributed by atoms with Gasteiger partial charge in [0, 0.05) is 12.4 Å². The number of carbonyl (C=O) groups is 1. The molecule has 0 spiro atoms. The van der Waals surface area contributed by atoms with E-state index in [0.29, 0.717) is 6.07 Å². The smallest absolute Gasteiger partial charge is 0.364 e. The van der Waals surface area contributed by atoms with Crippen LogP contribution in [0.1, 0.15) is 16.1 Å². The molecule has 0 aliphatic heterocycles. The second-order valence-corrected chi connectivity index (χ2v) is 5.93. The van der Waals surface area contributed by atoms with Crippen LogP contribution >= 0.6 is 0 Å². The van der Waals surface area contributed by atoms with E-state index in [1.165, 1.54) is 0 Å². The topological polar surface area (TPSA) is 115 Å². The van der Waals surface area contributed by atoms with E-state index in [0.717, 1.165) is 30.6 Å². The average molecular weight is 346 g/mol. The van der Waals surface area contributed by atoms with E-state index in [4.69, 9.17) is 5.73 Å². The number of nitrogens with two attached hydrogens (primary N) is 1. The second-order valence-electron chi connectivity index (χ2n) is 4.25. The first-order valence-electron chi connectivity index (χ1n) is 5.92. The van der Waals surface area contributed by atoms with Crippen molar-refractivity contribution in [3.63, 3.8) is 0 Å². The van der Waals surface area contributed by atoms with Crippen LogP contribution in [0.4, 0.5) is 19.0 Å². The first-order chi connectivity index (χ1) is 10.6. The van der Waals surface area contributed by atoms with Gasteiger partial charge >= 0.3 is 6.18 Å². The lowest BCUT2D eigenvalue weighted by Gasteiger charge is -2.11. The van der Waals surface area contributed by atoms with Crippen LogP contribution in [0.25, 0.3) is 0 Å². The maximum atomic E-state index is 12.7. The number of benzene rings is 1. The third-order valence-electron chi connectivity index (χ3n) is 2.63. The quantitative estimate of drug-likeness (QED) is 0.868. The molecule has 0 atom stereocenters. The predicted molar refractivity (Wildman–Crippen MR) is 72.8 cm³/mol. The van der Waals surface area contributed by atoms with E-state index in [9.17, 15) is 26.4 Å². The number of carbonyl (C=O) groups excluding carboxylic acids is 1. The van der Waals surface area contributed by atoms with E-state index < -0.39 is 44.1 Å². The predicted octanol–water partition coefficient (Wildman–Crippen LogP) is 1.40. The van der Waals surface area contributed by atoms with Crippen LogP contribution in [0.2, 0.25) is 0 Å². The largest absolute Gasteiger partial charge is 0.416 e. The number of aromatic nitrogens is 2. The molecular formula is C12H9F3N4O3S. The molecule has 2 aromatic rings. The Morgan fingerprint density at radius 2 is 1.83 bits per heavy atom. The zero-order valence-corrected chi connectivity index (χ0v) is 12.0. The molecule has 1 aromatic carbocycles. The Bertz CT molecular complexity index is 853. The Hall–Kier alpha value is -2.69. The fraction of sp³-hybridized carbons (Fsp3) is 0.0833. The highest BCUT2D eigenvalue weighted by molar-refractivity contribution is 7.92. The number of rotatable bonds is 4. The van der Waals surface area contributed by atoms with Gasteiger partial charge in [-0.15, -0.1) is 0 Å². The molecule has 0 saturated heterocycles. The Morgan fingerprint density at radius 3 is 2.43 bits per heavy atom. The second kappa shape index (κ2) is 5.83. The van der Waals surface area contributed by atoms with Crippen LogP contribution in [0.15, 0.2) is 41.6 Å². The molecule has 1 amide bonds. The van der Waals surface area contributed by atoms with Gasteiger partial charge in [0.1, 0.15) is 0 Å². The molecule has 0 bridgehead atoms. The van der Waals surface area contributed by atoms with Crippen molar-refractivity contribution in [2.24, 2.45) is 5.73 Å². The standard InChI is InChI=1S/C12H9F3N4O3S/c13-12(14,15)7-2-1-3-8(6-7)23(21,22)19-11-9(10(16)20)17-4-5-18-11/h1-6H,(H2,16,20)(H,18,19). The molecule has 1 heterocycles. The van der Waals surface area contributed by atoms with Gasteiger partial charge < -0.3 is 5.73 Å². The molecule has 1 aromatic heterocycles. The maximum Gasteiger partial charge on any atom is 0.416 e. The average Bonchev–Trinajstić information content (AvgIpc) is 2.46. The van der Waals surface area contributed by atoms with Gasteiger partial charge in [0.05, 0.1) is 10.5 Å². The number of hydrogen-bond acceptors (Lipinski definition) is 5. The van der Waals surface area contributed by atoms with Crippen molar-refractivity contribution in [3.05, 3.63) is 47.9 Å². The first kappa shape index (κ1) is 16.7. The summed E-state index contributed by atoms with van der Waals surface area (Å²) in [5, 5.41) is 0. The van der Waals surface area contributed by atoms with Crippen LogP contribution in [0, 0.1) is 0 Å². The molecule has 0 radical (unpaired) electrons. The van der Waals surface area contributed by atoms with Crippen molar-refractivity contribution in [2.75, 3.05) is 4.72 Å². The van der Waals surface area contributed by atoms with Gasteiger partial charge in [-0.3, -0.25) is 9.52 Å². The molecule has 23 heavy (non-hydrogen) atoms. The summed E-state index contributed by atoms with van der Waals surface area (Å²) in [7, 11) is -4.41. The number of nitrogens with zero attached hydrogens (tertiary/aromatic N) is 2. The number of halogens is 3. The Balaban J connectivity index is 2.43. The zero-order valence-electron chi connectivity index (χ0n) is 11.2. The monoisotopic (exact) mass is 346 g/mol. The molecule has 0 saturated carbocycles. The third kappa shape index (κ3) is 3.74. The van der Waals surface area contributed by atoms with Crippen LogP contribution < -0.4 is 10.5 Å². The minimum absolute atomic E-state index is 0.456. The van der Waals surface area contributed by atoms with Crippen LogP contribution in [0.3, 0.4) is 0 Å². The molecule has 2 rings (SSSR count).